The molecule has 0 saturated carbocycles. The molecule has 0 spiro atoms. The van der Waals surface area contributed by atoms with Crippen LogP contribution in [-0.2, 0) is 13.0 Å². The van der Waals surface area contributed by atoms with E-state index >= 15 is 0 Å². The van der Waals surface area contributed by atoms with Gasteiger partial charge in [-0.15, -0.1) is 0 Å². The molecule has 3 aromatic rings. The second-order valence-corrected chi connectivity index (χ2v) is 7.38. The first-order valence-electron chi connectivity index (χ1n) is 9.67. The van der Waals surface area contributed by atoms with Gasteiger partial charge in [0.05, 0.1) is 0 Å². The quantitative estimate of drug-likeness (QED) is 0.730. The van der Waals surface area contributed by atoms with Crippen LogP contribution < -0.4 is 5.32 Å². The van der Waals surface area contributed by atoms with Crippen LogP contribution in [0.1, 0.15) is 46.9 Å². The first-order chi connectivity index (χ1) is 13.6. The summed E-state index contributed by atoms with van der Waals surface area (Å²) in [6.45, 7) is 5.63. The molecule has 4 rings (SSSR count). The number of nitrogens with zero attached hydrogens (tertiary/aromatic N) is 3. The Balaban J connectivity index is 1.54. The number of rotatable bonds is 4. The molecule has 2 aromatic carbocycles. The number of fused-ring (bicyclic) bond motifs is 1. The minimum Gasteiger partial charge on any atom is -0.333 e. The molecule has 0 fully saturated rings. The van der Waals surface area contributed by atoms with Crippen molar-refractivity contribution in [3.05, 3.63) is 83.2 Å². The molecular weight excluding hydrogens is 348 g/mol. The summed E-state index contributed by atoms with van der Waals surface area (Å²) < 4.78 is 0. The fourth-order valence-electron chi connectivity index (χ4n) is 3.60. The van der Waals surface area contributed by atoms with E-state index in [1.54, 1.807) is 12.3 Å². The van der Waals surface area contributed by atoms with E-state index in [4.69, 9.17) is 0 Å². The lowest BCUT2D eigenvalue weighted by Gasteiger charge is -2.28. The molecule has 1 N–H and O–H groups in total. The number of hydrogen-bond acceptors (Lipinski definition) is 4. The average molecular weight is 372 g/mol. The first-order valence-corrected chi connectivity index (χ1v) is 9.67. The van der Waals surface area contributed by atoms with Crippen LogP contribution in [0.4, 0.5) is 11.6 Å². The highest BCUT2D eigenvalue weighted by Gasteiger charge is 2.22. The fourth-order valence-corrected chi connectivity index (χ4v) is 3.60. The molecule has 5 nitrogen and oxygen atoms in total. The van der Waals surface area contributed by atoms with Crippen LogP contribution in [0.5, 0.6) is 0 Å². The van der Waals surface area contributed by atoms with Crippen LogP contribution in [0, 0.1) is 0 Å². The number of carbonyl (C=O) groups excluding carboxylic acids is 1. The lowest BCUT2D eigenvalue weighted by atomic mass is 10.00. The van der Waals surface area contributed by atoms with Crippen molar-refractivity contribution in [3.8, 4) is 0 Å². The third kappa shape index (κ3) is 3.74. The van der Waals surface area contributed by atoms with E-state index in [-0.39, 0.29) is 5.91 Å². The zero-order valence-corrected chi connectivity index (χ0v) is 16.2. The Morgan fingerprint density at radius 3 is 2.61 bits per heavy atom. The highest BCUT2D eigenvalue weighted by atomic mass is 16.2. The van der Waals surface area contributed by atoms with E-state index in [2.05, 4.69) is 47.3 Å². The molecule has 0 aliphatic carbocycles. The number of amides is 1. The van der Waals surface area contributed by atoms with Crippen molar-refractivity contribution < 1.29 is 4.79 Å². The Morgan fingerprint density at radius 1 is 1.04 bits per heavy atom. The fraction of sp³-hybridized carbons (Fsp3) is 0.261. The predicted molar refractivity (Wildman–Crippen MR) is 111 cm³/mol. The molecule has 1 aliphatic heterocycles. The summed E-state index contributed by atoms with van der Waals surface area (Å²) in [5, 5.41) is 3.27. The van der Waals surface area contributed by atoms with Crippen molar-refractivity contribution in [1.82, 2.24) is 14.9 Å². The Hall–Kier alpha value is -3.21. The zero-order valence-electron chi connectivity index (χ0n) is 16.2. The number of carbonyl (C=O) groups is 1. The van der Waals surface area contributed by atoms with Crippen molar-refractivity contribution in [3.63, 3.8) is 0 Å². The van der Waals surface area contributed by atoms with Gasteiger partial charge in [0.15, 0.2) is 0 Å². The van der Waals surface area contributed by atoms with Gasteiger partial charge in [-0.2, -0.15) is 0 Å². The van der Waals surface area contributed by atoms with Crippen molar-refractivity contribution in [1.29, 1.82) is 0 Å². The Morgan fingerprint density at radius 2 is 1.79 bits per heavy atom. The summed E-state index contributed by atoms with van der Waals surface area (Å²) in [4.78, 5) is 23.6. The monoisotopic (exact) mass is 372 g/mol. The zero-order chi connectivity index (χ0) is 19.5. The lowest BCUT2D eigenvalue weighted by Crippen LogP contribution is -2.36. The third-order valence-corrected chi connectivity index (χ3v) is 5.12. The molecule has 28 heavy (non-hydrogen) atoms. The van der Waals surface area contributed by atoms with Crippen molar-refractivity contribution in [2.45, 2.75) is 32.7 Å². The molecule has 0 bridgehead atoms. The standard InChI is InChI=1S/C23H24N4O/c1-16(2)19-9-5-6-10-20(19)25-23-24-13-11-21(26-23)22(28)27-14-12-17-7-3-4-8-18(17)15-27/h3-11,13,16H,12,14-15H2,1-2H3,(H,24,25,26). The smallest absolute Gasteiger partial charge is 0.272 e. The number of nitrogens with one attached hydrogen (secondary N) is 1. The van der Waals surface area contributed by atoms with Gasteiger partial charge in [-0.05, 0) is 41.2 Å². The maximum atomic E-state index is 13.0. The van der Waals surface area contributed by atoms with Gasteiger partial charge >= 0.3 is 0 Å². The SMILES string of the molecule is CC(C)c1ccccc1Nc1nccc(C(=O)N2CCc3ccccc3C2)n1. The molecule has 0 radical (unpaired) electrons. The Kier molecular flexibility index (Phi) is 5.06. The summed E-state index contributed by atoms with van der Waals surface area (Å²) in [5.74, 6) is 0.760. The predicted octanol–water partition coefficient (Wildman–Crippen LogP) is 4.54. The maximum absolute atomic E-state index is 13.0. The number of benzene rings is 2. The number of anilines is 2. The molecule has 0 unspecified atom stereocenters. The maximum Gasteiger partial charge on any atom is 0.272 e. The van der Waals surface area contributed by atoms with Crippen LogP contribution in [0.15, 0.2) is 60.8 Å². The van der Waals surface area contributed by atoms with Gasteiger partial charge in [-0.25, -0.2) is 9.97 Å². The van der Waals surface area contributed by atoms with Gasteiger partial charge in [-0.1, -0.05) is 56.3 Å². The summed E-state index contributed by atoms with van der Waals surface area (Å²) in [6.07, 6.45) is 2.51. The van der Waals surface area contributed by atoms with E-state index in [1.165, 1.54) is 16.7 Å². The summed E-state index contributed by atoms with van der Waals surface area (Å²) in [6, 6.07) is 18.1. The Bertz CT molecular complexity index is 999. The van der Waals surface area contributed by atoms with E-state index < -0.39 is 0 Å². The molecule has 1 amide bonds. The third-order valence-electron chi connectivity index (χ3n) is 5.12. The summed E-state index contributed by atoms with van der Waals surface area (Å²) in [7, 11) is 0. The largest absolute Gasteiger partial charge is 0.333 e. The number of hydrogen-bond donors (Lipinski definition) is 1. The molecule has 1 aliphatic rings. The minimum atomic E-state index is -0.0582. The molecule has 0 atom stereocenters. The molecule has 142 valence electrons. The minimum absolute atomic E-state index is 0.0582. The molecule has 0 saturated heterocycles. The van der Waals surface area contributed by atoms with Gasteiger partial charge in [0.1, 0.15) is 5.69 Å². The topological polar surface area (TPSA) is 58.1 Å². The normalized spacial score (nSPS) is 13.3. The molecule has 2 heterocycles. The van der Waals surface area contributed by atoms with Crippen molar-refractivity contribution >= 4 is 17.5 Å². The lowest BCUT2D eigenvalue weighted by molar-refractivity contribution is 0.0728. The average Bonchev–Trinajstić information content (AvgIpc) is 2.73. The second kappa shape index (κ2) is 7.80. The van der Waals surface area contributed by atoms with Gasteiger partial charge in [0.2, 0.25) is 5.95 Å². The van der Waals surface area contributed by atoms with Gasteiger partial charge in [-0.3, -0.25) is 4.79 Å². The van der Waals surface area contributed by atoms with Crippen molar-refractivity contribution in [2.75, 3.05) is 11.9 Å². The van der Waals surface area contributed by atoms with Gasteiger partial charge in [0.25, 0.3) is 5.91 Å². The van der Waals surface area contributed by atoms with Crippen LogP contribution in [-0.4, -0.2) is 27.3 Å². The van der Waals surface area contributed by atoms with E-state index in [1.807, 2.05) is 35.2 Å². The van der Waals surface area contributed by atoms with Gasteiger partial charge < -0.3 is 10.2 Å². The first kappa shape index (κ1) is 18.2. The van der Waals surface area contributed by atoms with Crippen molar-refractivity contribution in [2.24, 2.45) is 0 Å². The van der Waals surface area contributed by atoms with Gasteiger partial charge in [0, 0.05) is 25.0 Å². The highest BCUT2D eigenvalue weighted by molar-refractivity contribution is 5.92. The van der Waals surface area contributed by atoms with Crippen LogP contribution in [0.25, 0.3) is 0 Å². The van der Waals surface area contributed by atoms with E-state index in [9.17, 15) is 4.79 Å². The highest BCUT2D eigenvalue weighted by Crippen LogP contribution is 2.26. The number of aromatic nitrogens is 2. The molecule has 1 aromatic heterocycles. The number of para-hydroxylation sites is 1. The van der Waals surface area contributed by atoms with Crippen LogP contribution in [0.2, 0.25) is 0 Å². The molecular formula is C23H24N4O. The van der Waals surface area contributed by atoms with Crippen LogP contribution >= 0.6 is 0 Å². The summed E-state index contributed by atoms with van der Waals surface area (Å²) >= 11 is 0. The second-order valence-electron chi connectivity index (χ2n) is 7.38. The van der Waals surface area contributed by atoms with Crippen LogP contribution in [0.3, 0.4) is 0 Å². The van der Waals surface area contributed by atoms with E-state index in [0.717, 1.165) is 12.1 Å². The van der Waals surface area contributed by atoms with E-state index in [0.29, 0.717) is 30.6 Å². The Labute approximate surface area is 165 Å². The summed E-state index contributed by atoms with van der Waals surface area (Å²) in [5.41, 5.74) is 5.10. The molecule has 5 heteroatoms.